The lowest BCUT2D eigenvalue weighted by atomic mass is 10.2. The smallest absolute Gasteiger partial charge is 0.239 e. The summed E-state index contributed by atoms with van der Waals surface area (Å²) in [6.45, 7) is 5.35. The largest absolute Gasteiger partial charge is 0.325 e. The van der Waals surface area contributed by atoms with Gasteiger partial charge in [0, 0.05) is 24.8 Å². The highest BCUT2D eigenvalue weighted by atomic mass is 32.2. The van der Waals surface area contributed by atoms with Gasteiger partial charge >= 0.3 is 0 Å². The second-order valence-corrected chi connectivity index (χ2v) is 8.24. The Balaban J connectivity index is 2.01. The number of carbonyl (C=O) groups excluding carboxylic acids is 1. The SMILES string of the molecule is Cc1ccc(NC(=O)CN(C)S(=O)(=O)C2C(C)NNC2C)cc1. The summed E-state index contributed by atoms with van der Waals surface area (Å²) in [7, 11) is -2.15. The van der Waals surface area contributed by atoms with Gasteiger partial charge in [0.1, 0.15) is 5.25 Å². The van der Waals surface area contributed by atoms with Crippen LogP contribution in [-0.4, -0.2) is 49.6 Å². The van der Waals surface area contributed by atoms with Gasteiger partial charge in [0.25, 0.3) is 0 Å². The monoisotopic (exact) mass is 340 g/mol. The molecular formula is C15H24N4O3S. The standard InChI is InChI=1S/C15H24N4O3S/c1-10-5-7-13(8-6-10)16-14(20)9-19(4)23(21,22)15-11(2)17-18-12(15)3/h5-8,11-12,15,17-18H,9H2,1-4H3,(H,16,20). The third-order valence-corrected chi connectivity index (χ3v) is 6.51. The molecule has 3 N–H and O–H groups in total. The van der Waals surface area contributed by atoms with Crippen LogP contribution in [0.25, 0.3) is 0 Å². The Morgan fingerprint density at radius 3 is 2.22 bits per heavy atom. The third kappa shape index (κ3) is 4.08. The summed E-state index contributed by atoms with van der Waals surface area (Å²) >= 11 is 0. The topological polar surface area (TPSA) is 90.5 Å². The first-order chi connectivity index (χ1) is 10.7. The lowest BCUT2D eigenvalue weighted by molar-refractivity contribution is -0.116. The van der Waals surface area contributed by atoms with E-state index in [9.17, 15) is 13.2 Å². The van der Waals surface area contributed by atoms with E-state index in [1.54, 1.807) is 26.0 Å². The fraction of sp³-hybridized carbons (Fsp3) is 0.533. The summed E-state index contributed by atoms with van der Waals surface area (Å²) in [5.74, 6) is -0.362. The van der Waals surface area contributed by atoms with Crippen LogP contribution in [0.2, 0.25) is 0 Å². The zero-order chi connectivity index (χ0) is 17.2. The molecule has 0 bridgehead atoms. The number of anilines is 1. The molecule has 8 heteroatoms. The summed E-state index contributed by atoms with van der Waals surface area (Å²) in [6, 6.07) is 6.90. The molecule has 1 aliphatic rings. The fourth-order valence-corrected chi connectivity index (χ4v) is 4.59. The van der Waals surface area contributed by atoms with Gasteiger partial charge in [-0.1, -0.05) is 17.7 Å². The Hall–Kier alpha value is -1.48. The van der Waals surface area contributed by atoms with E-state index in [0.717, 1.165) is 9.87 Å². The number of hydrogen-bond donors (Lipinski definition) is 3. The average molecular weight is 340 g/mol. The van der Waals surface area contributed by atoms with Gasteiger partial charge in [-0.15, -0.1) is 0 Å². The second kappa shape index (κ2) is 6.96. The van der Waals surface area contributed by atoms with Crippen LogP contribution in [0.1, 0.15) is 19.4 Å². The molecule has 0 aromatic heterocycles. The number of amides is 1. The first-order valence-electron chi connectivity index (χ1n) is 7.54. The number of aryl methyl sites for hydroxylation is 1. The molecule has 2 rings (SSSR count). The van der Waals surface area contributed by atoms with Gasteiger partial charge in [-0.3, -0.25) is 15.6 Å². The predicted octanol–water partition coefficient (Wildman–Crippen LogP) is 0.449. The summed E-state index contributed by atoms with van der Waals surface area (Å²) in [5.41, 5.74) is 7.58. The third-order valence-electron chi connectivity index (χ3n) is 4.00. The summed E-state index contributed by atoms with van der Waals surface area (Å²) in [4.78, 5) is 12.1. The first kappa shape index (κ1) is 17.9. The van der Waals surface area contributed by atoms with Crippen LogP contribution in [0.15, 0.2) is 24.3 Å². The van der Waals surface area contributed by atoms with Crippen molar-refractivity contribution in [3.8, 4) is 0 Å². The number of hydrogen-bond acceptors (Lipinski definition) is 5. The number of nitrogens with one attached hydrogen (secondary N) is 3. The molecule has 2 atom stereocenters. The molecule has 23 heavy (non-hydrogen) atoms. The van der Waals surface area contributed by atoms with Gasteiger partial charge in [-0.05, 0) is 32.9 Å². The molecule has 7 nitrogen and oxygen atoms in total. The lowest BCUT2D eigenvalue weighted by Gasteiger charge is -2.25. The fourth-order valence-electron chi connectivity index (χ4n) is 2.71. The highest BCUT2D eigenvalue weighted by Crippen LogP contribution is 2.19. The molecule has 1 aromatic carbocycles. The first-order valence-corrected chi connectivity index (χ1v) is 9.05. The van der Waals surface area contributed by atoms with Gasteiger partial charge in [0.05, 0.1) is 6.54 Å². The predicted molar refractivity (Wildman–Crippen MR) is 90.3 cm³/mol. The van der Waals surface area contributed by atoms with E-state index >= 15 is 0 Å². The lowest BCUT2D eigenvalue weighted by Crippen LogP contribution is -2.47. The van der Waals surface area contributed by atoms with Crippen LogP contribution in [0.3, 0.4) is 0 Å². The van der Waals surface area contributed by atoms with Crippen LogP contribution < -0.4 is 16.2 Å². The number of hydrazine groups is 1. The normalized spacial score (nSPS) is 24.8. The van der Waals surface area contributed by atoms with E-state index in [1.165, 1.54) is 7.05 Å². The van der Waals surface area contributed by atoms with Crippen LogP contribution in [0.4, 0.5) is 5.69 Å². The minimum Gasteiger partial charge on any atom is -0.325 e. The Morgan fingerprint density at radius 1 is 1.17 bits per heavy atom. The van der Waals surface area contributed by atoms with E-state index in [1.807, 2.05) is 19.1 Å². The summed E-state index contributed by atoms with van der Waals surface area (Å²) in [6.07, 6.45) is 0. The maximum absolute atomic E-state index is 12.7. The van der Waals surface area contributed by atoms with Gasteiger partial charge in [0.2, 0.25) is 15.9 Å². The zero-order valence-electron chi connectivity index (χ0n) is 13.8. The quantitative estimate of drug-likeness (QED) is 0.724. The number of likely N-dealkylation sites (N-methyl/N-ethyl adjacent to an activating group) is 1. The zero-order valence-corrected chi connectivity index (χ0v) is 14.6. The van der Waals surface area contributed by atoms with E-state index in [-0.39, 0.29) is 24.5 Å². The minimum atomic E-state index is -3.58. The number of benzene rings is 1. The molecule has 0 radical (unpaired) electrons. The maximum Gasteiger partial charge on any atom is 0.239 e. The van der Waals surface area contributed by atoms with Crippen molar-refractivity contribution >= 4 is 21.6 Å². The highest BCUT2D eigenvalue weighted by molar-refractivity contribution is 7.89. The van der Waals surface area contributed by atoms with Crippen LogP contribution >= 0.6 is 0 Å². The van der Waals surface area contributed by atoms with E-state index < -0.39 is 15.3 Å². The van der Waals surface area contributed by atoms with Crippen LogP contribution in [0.5, 0.6) is 0 Å². The van der Waals surface area contributed by atoms with Gasteiger partial charge in [-0.2, -0.15) is 4.31 Å². The molecule has 0 aliphatic carbocycles. The molecule has 1 amide bonds. The van der Waals surface area contributed by atoms with Crippen molar-refractivity contribution in [3.05, 3.63) is 29.8 Å². The van der Waals surface area contributed by atoms with E-state index in [0.29, 0.717) is 5.69 Å². The van der Waals surface area contributed by atoms with Gasteiger partial charge < -0.3 is 5.32 Å². The molecule has 0 spiro atoms. The Kier molecular flexibility index (Phi) is 5.41. The second-order valence-electron chi connectivity index (χ2n) is 6.05. The molecule has 1 aliphatic heterocycles. The number of rotatable bonds is 5. The molecule has 1 heterocycles. The van der Waals surface area contributed by atoms with Crippen molar-refractivity contribution in [3.63, 3.8) is 0 Å². The number of nitrogens with zero attached hydrogens (tertiary/aromatic N) is 1. The van der Waals surface area contributed by atoms with Crippen molar-refractivity contribution in [1.29, 1.82) is 0 Å². The summed E-state index contributed by atoms with van der Waals surface area (Å²) in [5, 5.41) is 2.10. The maximum atomic E-state index is 12.7. The van der Waals surface area contributed by atoms with Crippen LogP contribution in [-0.2, 0) is 14.8 Å². The Labute approximate surface area is 137 Å². The molecule has 1 aromatic rings. The van der Waals surface area contributed by atoms with Crippen LogP contribution in [0, 0.1) is 6.92 Å². The molecule has 0 saturated carbocycles. The average Bonchev–Trinajstić information content (AvgIpc) is 2.81. The molecule has 128 valence electrons. The number of carbonyl (C=O) groups is 1. The minimum absolute atomic E-state index is 0.216. The Morgan fingerprint density at radius 2 is 1.70 bits per heavy atom. The van der Waals surface area contributed by atoms with E-state index in [2.05, 4.69) is 16.2 Å². The van der Waals surface area contributed by atoms with Crippen molar-refractivity contribution in [1.82, 2.24) is 15.2 Å². The van der Waals surface area contributed by atoms with Crippen molar-refractivity contribution < 1.29 is 13.2 Å². The van der Waals surface area contributed by atoms with Crippen molar-refractivity contribution in [2.75, 3.05) is 18.9 Å². The molecule has 1 saturated heterocycles. The summed E-state index contributed by atoms with van der Waals surface area (Å²) < 4.78 is 26.4. The Bertz CT molecular complexity index is 650. The molecule has 2 unspecified atom stereocenters. The van der Waals surface area contributed by atoms with Gasteiger partial charge in [0.15, 0.2) is 0 Å². The van der Waals surface area contributed by atoms with Crippen molar-refractivity contribution in [2.24, 2.45) is 0 Å². The molecular weight excluding hydrogens is 316 g/mol. The van der Waals surface area contributed by atoms with E-state index in [4.69, 9.17) is 0 Å². The van der Waals surface area contributed by atoms with Crippen molar-refractivity contribution in [2.45, 2.75) is 38.1 Å². The highest BCUT2D eigenvalue weighted by Gasteiger charge is 2.42. The number of sulfonamides is 1. The molecule has 1 fully saturated rings. The van der Waals surface area contributed by atoms with Gasteiger partial charge in [-0.25, -0.2) is 8.42 Å².